The third kappa shape index (κ3) is 5.47. The molecular weight excluding hydrogens is 267 g/mol. The number of rotatable bonds is 4. The lowest BCUT2D eigenvalue weighted by molar-refractivity contribution is 0.0549. The summed E-state index contributed by atoms with van der Waals surface area (Å²) in [6, 6.07) is 4.96. The maximum Gasteiger partial charge on any atom is 0.124 e. The van der Waals surface area contributed by atoms with E-state index in [1.807, 2.05) is 6.07 Å². The molecule has 1 heterocycles. The standard InChI is InChI=1S/C17H23FN2O/c1-20(12-14-4-7-21-8-5-14)13-16-9-15(3-2-6-19)10-17(18)11-16/h9-11,14H,4-8,12-13,19H2,1H3. The maximum absolute atomic E-state index is 13.6. The minimum absolute atomic E-state index is 0.242. The first-order valence-corrected chi connectivity index (χ1v) is 7.42. The van der Waals surface area contributed by atoms with Crippen molar-refractivity contribution >= 4 is 0 Å². The molecule has 0 aromatic heterocycles. The number of halogens is 1. The molecule has 0 amide bonds. The molecule has 114 valence electrons. The first kappa shape index (κ1) is 16.0. The SMILES string of the molecule is CN(Cc1cc(F)cc(C#CCN)c1)CC1CCOCC1. The fourth-order valence-electron chi connectivity index (χ4n) is 2.71. The lowest BCUT2D eigenvalue weighted by Gasteiger charge is -2.27. The second kappa shape index (κ2) is 8.14. The number of nitrogens with zero attached hydrogens (tertiary/aromatic N) is 1. The van der Waals surface area contributed by atoms with Gasteiger partial charge in [-0.15, -0.1) is 0 Å². The summed E-state index contributed by atoms with van der Waals surface area (Å²) in [5.74, 6) is 6.08. The van der Waals surface area contributed by atoms with Crippen molar-refractivity contribution in [1.29, 1.82) is 0 Å². The Balaban J connectivity index is 1.96. The summed E-state index contributed by atoms with van der Waals surface area (Å²) in [5.41, 5.74) is 6.99. The minimum atomic E-state index is -0.242. The molecule has 1 aromatic rings. The quantitative estimate of drug-likeness (QED) is 0.862. The molecule has 1 aromatic carbocycles. The van der Waals surface area contributed by atoms with Crippen LogP contribution in [-0.2, 0) is 11.3 Å². The molecule has 0 atom stereocenters. The highest BCUT2D eigenvalue weighted by molar-refractivity contribution is 5.37. The third-order valence-electron chi connectivity index (χ3n) is 3.66. The van der Waals surface area contributed by atoms with Crippen LogP contribution in [0.1, 0.15) is 24.0 Å². The number of hydrogen-bond donors (Lipinski definition) is 1. The van der Waals surface area contributed by atoms with Gasteiger partial charge in [0.25, 0.3) is 0 Å². The van der Waals surface area contributed by atoms with Crippen LogP contribution >= 0.6 is 0 Å². The molecule has 1 aliphatic rings. The smallest absolute Gasteiger partial charge is 0.124 e. The van der Waals surface area contributed by atoms with Crippen molar-refractivity contribution in [3.05, 3.63) is 35.1 Å². The molecule has 0 bridgehead atoms. The van der Waals surface area contributed by atoms with Crippen molar-refractivity contribution in [1.82, 2.24) is 4.90 Å². The molecular formula is C17H23FN2O. The van der Waals surface area contributed by atoms with Gasteiger partial charge in [-0.3, -0.25) is 0 Å². The Kier molecular flexibility index (Phi) is 6.19. The van der Waals surface area contributed by atoms with Crippen molar-refractivity contribution in [2.75, 3.05) is 33.4 Å². The predicted molar refractivity (Wildman–Crippen MR) is 82.2 cm³/mol. The van der Waals surface area contributed by atoms with Crippen LogP contribution in [-0.4, -0.2) is 38.3 Å². The molecule has 0 unspecified atom stereocenters. The van der Waals surface area contributed by atoms with Crippen molar-refractivity contribution in [2.24, 2.45) is 11.7 Å². The molecule has 2 N–H and O–H groups in total. The number of nitrogens with two attached hydrogens (primary N) is 1. The normalized spacial score (nSPS) is 15.8. The van der Waals surface area contributed by atoms with Crippen molar-refractivity contribution in [3.8, 4) is 11.8 Å². The molecule has 21 heavy (non-hydrogen) atoms. The average Bonchev–Trinajstić information content (AvgIpc) is 2.45. The van der Waals surface area contributed by atoms with E-state index in [1.165, 1.54) is 6.07 Å². The van der Waals surface area contributed by atoms with E-state index in [1.54, 1.807) is 6.07 Å². The van der Waals surface area contributed by atoms with E-state index in [-0.39, 0.29) is 12.4 Å². The third-order valence-corrected chi connectivity index (χ3v) is 3.66. The lowest BCUT2D eigenvalue weighted by Crippen LogP contribution is -2.29. The van der Waals surface area contributed by atoms with Crippen molar-refractivity contribution in [3.63, 3.8) is 0 Å². The van der Waals surface area contributed by atoms with Crippen LogP contribution < -0.4 is 5.73 Å². The van der Waals surface area contributed by atoms with Gasteiger partial charge in [-0.05, 0) is 49.6 Å². The van der Waals surface area contributed by atoms with Gasteiger partial charge in [0.2, 0.25) is 0 Å². The summed E-state index contributed by atoms with van der Waals surface area (Å²) in [7, 11) is 2.08. The van der Waals surface area contributed by atoms with E-state index >= 15 is 0 Å². The van der Waals surface area contributed by atoms with Crippen LogP contribution in [0.2, 0.25) is 0 Å². The zero-order valence-electron chi connectivity index (χ0n) is 12.6. The number of hydrogen-bond acceptors (Lipinski definition) is 3. The van der Waals surface area contributed by atoms with Gasteiger partial charge in [0.15, 0.2) is 0 Å². The molecule has 3 nitrogen and oxygen atoms in total. The van der Waals surface area contributed by atoms with Crippen LogP contribution in [0.25, 0.3) is 0 Å². The molecule has 1 fully saturated rings. The number of benzene rings is 1. The Bertz CT molecular complexity index is 515. The molecule has 4 heteroatoms. The Morgan fingerprint density at radius 3 is 2.81 bits per heavy atom. The van der Waals surface area contributed by atoms with Crippen LogP contribution in [0.3, 0.4) is 0 Å². The zero-order chi connectivity index (χ0) is 15.1. The van der Waals surface area contributed by atoms with Gasteiger partial charge in [-0.2, -0.15) is 0 Å². The fourth-order valence-corrected chi connectivity index (χ4v) is 2.71. The first-order valence-electron chi connectivity index (χ1n) is 7.42. The second-order valence-corrected chi connectivity index (χ2v) is 5.61. The maximum atomic E-state index is 13.6. The van der Waals surface area contributed by atoms with E-state index in [4.69, 9.17) is 10.5 Å². The predicted octanol–water partition coefficient (Wildman–Crippen LogP) is 1.99. The summed E-state index contributed by atoms with van der Waals surface area (Å²) in [6.07, 6.45) is 2.22. The van der Waals surface area contributed by atoms with Gasteiger partial charge in [0.1, 0.15) is 5.82 Å². The van der Waals surface area contributed by atoms with Gasteiger partial charge in [-0.25, -0.2) is 4.39 Å². The second-order valence-electron chi connectivity index (χ2n) is 5.61. The minimum Gasteiger partial charge on any atom is -0.381 e. The van der Waals surface area contributed by atoms with Gasteiger partial charge in [0.05, 0.1) is 6.54 Å². The summed E-state index contributed by atoms with van der Waals surface area (Å²) in [5, 5.41) is 0. The summed E-state index contributed by atoms with van der Waals surface area (Å²) in [4.78, 5) is 2.24. The van der Waals surface area contributed by atoms with Gasteiger partial charge in [0, 0.05) is 31.9 Å². The lowest BCUT2D eigenvalue weighted by atomic mass is 9.99. The van der Waals surface area contributed by atoms with Crippen molar-refractivity contribution in [2.45, 2.75) is 19.4 Å². The number of ether oxygens (including phenoxy) is 1. The highest BCUT2D eigenvalue weighted by atomic mass is 19.1. The van der Waals surface area contributed by atoms with Crippen LogP contribution in [0, 0.1) is 23.6 Å². The highest BCUT2D eigenvalue weighted by Gasteiger charge is 2.16. The fraction of sp³-hybridized carbons (Fsp3) is 0.529. The van der Waals surface area contributed by atoms with E-state index in [0.717, 1.165) is 44.7 Å². The Hall–Kier alpha value is -1.41. The van der Waals surface area contributed by atoms with Gasteiger partial charge in [-0.1, -0.05) is 11.8 Å². The van der Waals surface area contributed by atoms with Gasteiger partial charge >= 0.3 is 0 Å². The van der Waals surface area contributed by atoms with Crippen molar-refractivity contribution < 1.29 is 9.13 Å². The molecule has 1 saturated heterocycles. The molecule has 0 radical (unpaired) electrons. The zero-order valence-corrected chi connectivity index (χ0v) is 12.6. The van der Waals surface area contributed by atoms with Crippen LogP contribution in [0.5, 0.6) is 0 Å². The monoisotopic (exact) mass is 290 g/mol. The van der Waals surface area contributed by atoms with E-state index in [0.29, 0.717) is 11.5 Å². The Morgan fingerprint density at radius 2 is 2.10 bits per heavy atom. The van der Waals surface area contributed by atoms with Gasteiger partial charge < -0.3 is 15.4 Å². The highest BCUT2D eigenvalue weighted by Crippen LogP contribution is 2.17. The van der Waals surface area contributed by atoms with E-state index in [2.05, 4.69) is 23.8 Å². The molecule has 2 rings (SSSR count). The summed E-state index contributed by atoms with van der Waals surface area (Å²) >= 11 is 0. The van der Waals surface area contributed by atoms with Crippen LogP contribution in [0.15, 0.2) is 18.2 Å². The topological polar surface area (TPSA) is 38.5 Å². The average molecular weight is 290 g/mol. The largest absolute Gasteiger partial charge is 0.381 e. The molecule has 0 spiro atoms. The van der Waals surface area contributed by atoms with E-state index < -0.39 is 0 Å². The molecule has 0 aliphatic carbocycles. The molecule has 1 aliphatic heterocycles. The van der Waals surface area contributed by atoms with E-state index in [9.17, 15) is 4.39 Å². The summed E-state index contributed by atoms with van der Waals surface area (Å²) in [6.45, 7) is 3.75. The Morgan fingerprint density at radius 1 is 1.33 bits per heavy atom. The first-order chi connectivity index (χ1) is 10.2. The summed E-state index contributed by atoms with van der Waals surface area (Å²) < 4.78 is 19.0. The Labute approximate surface area is 126 Å². The van der Waals surface area contributed by atoms with Crippen LogP contribution in [0.4, 0.5) is 4.39 Å². The molecule has 0 saturated carbocycles.